The first kappa shape index (κ1) is 14.2. The predicted octanol–water partition coefficient (Wildman–Crippen LogP) is 2.39. The van der Waals surface area contributed by atoms with Crippen LogP contribution in [0.2, 0.25) is 0 Å². The fourth-order valence-corrected chi connectivity index (χ4v) is 1.69. The lowest BCUT2D eigenvalue weighted by molar-refractivity contribution is -0.274. The number of benzene rings is 1. The van der Waals surface area contributed by atoms with Gasteiger partial charge in [0.2, 0.25) is 5.91 Å². The number of rotatable bonds is 4. The second-order valence-electron chi connectivity index (χ2n) is 4.39. The molecule has 0 heterocycles. The lowest BCUT2D eigenvalue weighted by Gasteiger charge is -2.15. The highest BCUT2D eigenvalue weighted by molar-refractivity contribution is 6.11. The molecular weight excluding hydrogens is 279 g/mol. The van der Waals surface area contributed by atoms with Gasteiger partial charge < -0.3 is 15.2 Å². The quantitative estimate of drug-likeness (QED) is 0.834. The second kappa shape index (κ2) is 4.69. The normalized spacial score (nSPS) is 16.4. The number of carbonyl (C=O) groups excluding carboxylic acids is 1. The molecule has 1 saturated carbocycles. The van der Waals surface area contributed by atoms with Gasteiger partial charge in [0.1, 0.15) is 5.41 Å². The van der Waals surface area contributed by atoms with Crippen molar-refractivity contribution in [2.75, 3.05) is 5.32 Å². The second-order valence-corrected chi connectivity index (χ2v) is 4.39. The number of carboxylic acid groups (broad SMARTS) is 1. The van der Waals surface area contributed by atoms with Gasteiger partial charge in [-0.1, -0.05) is 12.1 Å². The summed E-state index contributed by atoms with van der Waals surface area (Å²) in [4.78, 5) is 22.8. The van der Waals surface area contributed by atoms with Crippen molar-refractivity contribution in [3.05, 3.63) is 24.3 Å². The number of carbonyl (C=O) groups is 2. The van der Waals surface area contributed by atoms with E-state index in [9.17, 15) is 22.8 Å². The fraction of sp³-hybridized carbons (Fsp3) is 0.333. The number of ether oxygens (including phenoxy) is 1. The summed E-state index contributed by atoms with van der Waals surface area (Å²) in [6, 6.07) is 4.94. The Hall–Kier alpha value is -2.25. The minimum Gasteiger partial charge on any atom is -0.480 e. The standard InChI is InChI=1S/C12H10F3NO4/c13-12(14,15)20-8-4-2-1-3-7(8)16-9(17)11(5-6-11)10(18)19/h1-4H,5-6H2,(H,16,17)(H,18,19). The molecule has 1 aliphatic carbocycles. The molecule has 1 aromatic rings. The molecule has 1 aliphatic rings. The van der Waals surface area contributed by atoms with E-state index < -0.39 is 29.4 Å². The molecule has 0 aliphatic heterocycles. The minimum absolute atomic E-state index is 0.163. The summed E-state index contributed by atoms with van der Waals surface area (Å²) in [7, 11) is 0. The summed E-state index contributed by atoms with van der Waals surface area (Å²) < 4.78 is 40.4. The molecule has 5 nitrogen and oxygen atoms in total. The highest BCUT2D eigenvalue weighted by Gasteiger charge is 2.57. The van der Waals surface area contributed by atoms with Crippen LogP contribution in [0, 0.1) is 5.41 Å². The van der Waals surface area contributed by atoms with Crippen molar-refractivity contribution in [1.82, 2.24) is 0 Å². The zero-order valence-electron chi connectivity index (χ0n) is 10.0. The SMILES string of the molecule is O=C(O)C1(C(=O)Nc2ccccc2OC(F)(F)F)CC1. The van der Waals surface area contributed by atoms with Crippen molar-refractivity contribution in [2.45, 2.75) is 19.2 Å². The highest BCUT2D eigenvalue weighted by atomic mass is 19.4. The molecule has 0 aromatic heterocycles. The predicted molar refractivity (Wildman–Crippen MR) is 61.1 cm³/mol. The van der Waals surface area contributed by atoms with Gasteiger partial charge in [0.05, 0.1) is 5.69 Å². The van der Waals surface area contributed by atoms with Crippen LogP contribution >= 0.6 is 0 Å². The molecule has 0 bridgehead atoms. The van der Waals surface area contributed by atoms with E-state index in [1.165, 1.54) is 18.2 Å². The number of alkyl halides is 3. The monoisotopic (exact) mass is 289 g/mol. The van der Waals surface area contributed by atoms with Gasteiger partial charge >= 0.3 is 12.3 Å². The minimum atomic E-state index is -4.90. The molecule has 1 fully saturated rings. The molecular formula is C12H10F3NO4. The molecule has 108 valence electrons. The molecule has 0 spiro atoms. The number of hydrogen-bond acceptors (Lipinski definition) is 3. The van der Waals surface area contributed by atoms with Crippen LogP contribution in [-0.2, 0) is 9.59 Å². The maximum absolute atomic E-state index is 12.2. The van der Waals surface area contributed by atoms with E-state index in [2.05, 4.69) is 10.1 Å². The van der Waals surface area contributed by atoms with Crippen molar-refractivity contribution in [3.63, 3.8) is 0 Å². The summed E-state index contributed by atoms with van der Waals surface area (Å²) in [5, 5.41) is 11.1. The first-order chi connectivity index (χ1) is 9.24. The van der Waals surface area contributed by atoms with Crippen LogP contribution in [0.1, 0.15) is 12.8 Å². The fourth-order valence-electron chi connectivity index (χ4n) is 1.69. The van der Waals surface area contributed by atoms with Crippen molar-refractivity contribution in [2.24, 2.45) is 5.41 Å². The summed E-state index contributed by atoms with van der Waals surface area (Å²) in [6.07, 6.45) is -4.57. The Morgan fingerprint density at radius 3 is 2.35 bits per heavy atom. The van der Waals surface area contributed by atoms with E-state index in [1.54, 1.807) is 0 Å². The molecule has 1 amide bonds. The van der Waals surface area contributed by atoms with Crippen LogP contribution < -0.4 is 10.1 Å². The van der Waals surface area contributed by atoms with Crippen LogP contribution in [-0.4, -0.2) is 23.3 Å². The molecule has 2 rings (SSSR count). The maximum Gasteiger partial charge on any atom is 0.573 e. The number of anilines is 1. The average molecular weight is 289 g/mol. The number of para-hydroxylation sites is 2. The van der Waals surface area contributed by atoms with E-state index >= 15 is 0 Å². The third-order valence-corrected chi connectivity index (χ3v) is 2.95. The lowest BCUT2D eigenvalue weighted by atomic mass is 10.1. The molecule has 0 unspecified atom stereocenters. The molecule has 2 N–H and O–H groups in total. The number of amides is 1. The summed E-state index contributed by atoms with van der Waals surface area (Å²) in [6.45, 7) is 0. The smallest absolute Gasteiger partial charge is 0.480 e. The first-order valence-corrected chi connectivity index (χ1v) is 5.64. The lowest BCUT2D eigenvalue weighted by Crippen LogP contribution is -2.31. The highest BCUT2D eigenvalue weighted by Crippen LogP contribution is 2.47. The third kappa shape index (κ3) is 2.84. The van der Waals surface area contributed by atoms with E-state index in [0.717, 1.165) is 6.07 Å². The van der Waals surface area contributed by atoms with Crippen molar-refractivity contribution >= 4 is 17.6 Å². The van der Waals surface area contributed by atoms with Gasteiger partial charge in [-0.15, -0.1) is 13.2 Å². The Bertz CT molecular complexity index is 552. The van der Waals surface area contributed by atoms with Gasteiger partial charge in [-0.25, -0.2) is 0 Å². The van der Waals surface area contributed by atoms with Crippen LogP contribution in [0.5, 0.6) is 5.75 Å². The summed E-state index contributed by atoms with van der Waals surface area (Å²) in [5.41, 5.74) is -1.76. The van der Waals surface area contributed by atoms with Gasteiger partial charge in [0, 0.05) is 0 Å². The van der Waals surface area contributed by atoms with Crippen molar-refractivity contribution < 1.29 is 32.6 Å². The third-order valence-electron chi connectivity index (χ3n) is 2.95. The Morgan fingerprint density at radius 1 is 1.25 bits per heavy atom. The average Bonchev–Trinajstić information content (AvgIpc) is 3.10. The molecule has 8 heteroatoms. The van der Waals surface area contributed by atoms with Crippen LogP contribution in [0.25, 0.3) is 0 Å². The first-order valence-electron chi connectivity index (χ1n) is 5.64. The van der Waals surface area contributed by atoms with Gasteiger partial charge in [-0.05, 0) is 25.0 Å². The van der Waals surface area contributed by atoms with Crippen LogP contribution in [0.3, 0.4) is 0 Å². The summed E-state index contributed by atoms with van der Waals surface area (Å²) in [5.74, 6) is -2.72. The Labute approximate surface area is 111 Å². The number of carboxylic acids is 1. The van der Waals surface area contributed by atoms with E-state index in [-0.39, 0.29) is 18.5 Å². The van der Waals surface area contributed by atoms with Crippen molar-refractivity contribution in [1.29, 1.82) is 0 Å². The van der Waals surface area contributed by atoms with Crippen LogP contribution in [0.4, 0.5) is 18.9 Å². The summed E-state index contributed by atoms with van der Waals surface area (Å²) >= 11 is 0. The van der Waals surface area contributed by atoms with Gasteiger partial charge in [0.25, 0.3) is 0 Å². The molecule has 1 aromatic carbocycles. The Balaban J connectivity index is 2.18. The Morgan fingerprint density at radius 2 is 1.85 bits per heavy atom. The number of nitrogens with one attached hydrogen (secondary N) is 1. The largest absolute Gasteiger partial charge is 0.573 e. The zero-order valence-corrected chi connectivity index (χ0v) is 10.0. The zero-order chi connectivity index (χ0) is 15.0. The van der Waals surface area contributed by atoms with E-state index in [4.69, 9.17) is 5.11 Å². The maximum atomic E-state index is 12.2. The number of halogens is 3. The van der Waals surface area contributed by atoms with Gasteiger partial charge in [-0.3, -0.25) is 9.59 Å². The number of hydrogen-bond donors (Lipinski definition) is 2. The van der Waals surface area contributed by atoms with Gasteiger partial charge in [-0.2, -0.15) is 0 Å². The van der Waals surface area contributed by atoms with Crippen molar-refractivity contribution in [3.8, 4) is 5.75 Å². The molecule has 0 atom stereocenters. The topological polar surface area (TPSA) is 75.6 Å². The molecule has 20 heavy (non-hydrogen) atoms. The van der Waals surface area contributed by atoms with Crippen LogP contribution in [0.15, 0.2) is 24.3 Å². The van der Waals surface area contributed by atoms with Gasteiger partial charge in [0.15, 0.2) is 5.75 Å². The molecule has 0 saturated heterocycles. The molecule has 0 radical (unpaired) electrons. The number of aliphatic carboxylic acids is 1. The van der Waals surface area contributed by atoms with E-state index in [0.29, 0.717) is 0 Å². The van der Waals surface area contributed by atoms with E-state index in [1.807, 2.05) is 0 Å². The Kier molecular flexibility index (Phi) is 3.33.